The molecule has 0 aliphatic heterocycles. The lowest BCUT2D eigenvalue weighted by atomic mass is 10.0. The van der Waals surface area contributed by atoms with Gasteiger partial charge in [0.25, 0.3) is 0 Å². The first-order valence-electron chi connectivity index (χ1n) is 5.31. The van der Waals surface area contributed by atoms with Gasteiger partial charge in [-0.2, -0.15) is 0 Å². The van der Waals surface area contributed by atoms with Crippen LogP contribution in [0.1, 0.15) is 31.9 Å². The molecule has 0 saturated heterocycles. The van der Waals surface area contributed by atoms with Crippen LogP contribution < -0.4 is 5.73 Å². The number of ether oxygens (including phenoxy) is 1. The third kappa shape index (κ3) is 3.29. The number of hydrogen-bond donors (Lipinski definition) is 1. The number of rotatable bonds is 5. The van der Waals surface area contributed by atoms with Gasteiger partial charge in [-0.15, -0.1) is 0 Å². The van der Waals surface area contributed by atoms with Gasteiger partial charge in [-0.3, -0.25) is 0 Å². The number of hydrogen-bond acceptors (Lipinski definition) is 2. The van der Waals surface area contributed by atoms with Crippen LogP contribution in [0, 0.1) is 5.82 Å². The Kier molecular flexibility index (Phi) is 4.72. The molecule has 84 valence electrons. The Morgan fingerprint density at radius 3 is 2.33 bits per heavy atom. The fourth-order valence-electron chi connectivity index (χ4n) is 1.59. The average molecular weight is 211 g/mol. The summed E-state index contributed by atoms with van der Waals surface area (Å²) in [6.07, 6.45) is 0.854. The summed E-state index contributed by atoms with van der Waals surface area (Å²) in [7, 11) is 0. The molecule has 0 heterocycles. The minimum absolute atomic E-state index is 0.000427. The maximum atomic E-state index is 12.7. The Labute approximate surface area is 90.2 Å². The van der Waals surface area contributed by atoms with Crippen molar-refractivity contribution in [1.82, 2.24) is 0 Å². The minimum Gasteiger partial charge on any atom is -0.377 e. The summed E-state index contributed by atoms with van der Waals surface area (Å²) in [5.74, 6) is -0.240. The summed E-state index contributed by atoms with van der Waals surface area (Å²) in [4.78, 5) is 0. The van der Waals surface area contributed by atoms with E-state index in [1.54, 1.807) is 12.1 Å². The van der Waals surface area contributed by atoms with Crippen molar-refractivity contribution in [1.29, 1.82) is 0 Å². The molecule has 0 aliphatic rings. The molecular weight excluding hydrogens is 193 g/mol. The van der Waals surface area contributed by atoms with E-state index in [2.05, 4.69) is 0 Å². The first kappa shape index (κ1) is 12.1. The highest BCUT2D eigenvalue weighted by atomic mass is 19.1. The van der Waals surface area contributed by atoms with E-state index in [0.717, 1.165) is 12.0 Å². The monoisotopic (exact) mass is 211 g/mol. The second kappa shape index (κ2) is 5.83. The summed E-state index contributed by atoms with van der Waals surface area (Å²) >= 11 is 0. The van der Waals surface area contributed by atoms with Gasteiger partial charge >= 0.3 is 0 Å². The topological polar surface area (TPSA) is 35.2 Å². The SMILES string of the molecule is CCOC(CC)C(N)c1ccc(F)cc1. The molecule has 15 heavy (non-hydrogen) atoms. The van der Waals surface area contributed by atoms with E-state index in [1.807, 2.05) is 13.8 Å². The van der Waals surface area contributed by atoms with Gasteiger partial charge in [0, 0.05) is 6.61 Å². The second-order valence-corrected chi connectivity index (χ2v) is 3.48. The quantitative estimate of drug-likeness (QED) is 0.812. The van der Waals surface area contributed by atoms with Crippen LogP contribution in [0.2, 0.25) is 0 Å². The van der Waals surface area contributed by atoms with Gasteiger partial charge in [0.15, 0.2) is 0 Å². The van der Waals surface area contributed by atoms with E-state index >= 15 is 0 Å². The highest BCUT2D eigenvalue weighted by Crippen LogP contribution is 2.19. The van der Waals surface area contributed by atoms with E-state index < -0.39 is 0 Å². The molecule has 1 rings (SSSR count). The van der Waals surface area contributed by atoms with Crippen LogP contribution in [0.15, 0.2) is 24.3 Å². The Morgan fingerprint density at radius 2 is 1.87 bits per heavy atom. The maximum absolute atomic E-state index is 12.7. The molecule has 0 amide bonds. The van der Waals surface area contributed by atoms with Gasteiger partial charge in [0.2, 0.25) is 0 Å². The van der Waals surface area contributed by atoms with E-state index in [4.69, 9.17) is 10.5 Å². The van der Waals surface area contributed by atoms with Crippen LogP contribution in [0.4, 0.5) is 4.39 Å². The molecule has 0 aromatic heterocycles. The normalized spacial score (nSPS) is 14.9. The fraction of sp³-hybridized carbons (Fsp3) is 0.500. The fourth-order valence-corrected chi connectivity index (χ4v) is 1.59. The molecule has 3 heteroatoms. The second-order valence-electron chi connectivity index (χ2n) is 3.48. The molecule has 0 radical (unpaired) electrons. The molecule has 2 unspecified atom stereocenters. The molecule has 0 fully saturated rings. The number of halogens is 1. The van der Waals surface area contributed by atoms with Crippen LogP contribution in [-0.4, -0.2) is 12.7 Å². The summed E-state index contributed by atoms with van der Waals surface area (Å²) < 4.78 is 18.2. The Balaban J connectivity index is 2.73. The largest absolute Gasteiger partial charge is 0.377 e. The van der Waals surface area contributed by atoms with E-state index in [1.165, 1.54) is 12.1 Å². The van der Waals surface area contributed by atoms with Crippen LogP contribution in [0.5, 0.6) is 0 Å². The molecule has 0 saturated carbocycles. The number of nitrogens with two attached hydrogens (primary N) is 1. The van der Waals surface area contributed by atoms with Crippen LogP contribution in [0.3, 0.4) is 0 Å². The van der Waals surface area contributed by atoms with Crippen LogP contribution in [-0.2, 0) is 4.74 Å². The highest BCUT2D eigenvalue weighted by Gasteiger charge is 2.17. The van der Waals surface area contributed by atoms with Crippen molar-refractivity contribution in [2.75, 3.05) is 6.61 Å². The predicted octanol–water partition coefficient (Wildman–Crippen LogP) is 2.64. The maximum Gasteiger partial charge on any atom is 0.123 e. The molecule has 2 N–H and O–H groups in total. The summed E-state index contributed by atoms with van der Waals surface area (Å²) in [5.41, 5.74) is 6.95. The molecule has 0 bridgehead atoms. The predicted molar refractivity (Wildman–Crippen MR) is 59.0 cm³/mol. The van der Waals surface area contributed by atoms with Crippen molar-refractivity contribution in [3.63, 3.8) is 0 Å². The van der Waals surface area contributed by atoms with Crippen molar-refractivity contribution in [2.45, 2.75) is 32.4 Å². The first-order chi connectivity index (χ1) is 7.19. The zero-order chi connectivity index (χ0) is 11.3. The van der Waals surface area contributed by atoms with Gasteiger partial charge in [0.05, 0.1) is 12.1 Å². The Hall–Kier alpha value is -0.930. The third-order valence-corrected chi connectivity index (χ3v) is 2.44. The van der Waals surface area contributed by atoms with Crippen LogP contribution in [0.25, 0.3) is 0 Å². The van der Waals surface area contributed by atoms with Gasteiger partial charge in [-0.05, 0) is 31.0 Å². The van der Waals surface area contributed by atoms with Crippen molar-refractivity contribution in [3.8, 4) is 0 Å². The molecule has 0 aliphatic carbocycles. The minimum atomic E-state index is -0.240. The van der Waals surface area contributed by atoms with Crippen molar-refractivity contribution in [3.05, 3.63) is 35.6 Å². The zero-order valence-corrected chi connectivity index (χ0v) is 9.24. The molecule has 0 spiro atoms. The number of benzene rings is 1. The molecule has 2 nitrogen and oxygen atoms in total. The molecular formula is C12H18FNO. The van der Waals surface area contributed by atoms with Gasteiger partial charge in [-0.25, -0.2) is 4.39 Å². The standard InChI is InChI=1S/C12H18FNO/c1-3-11(15-4-2)12(14)9-5-7-10(13)8-6-9/h5-8,11-12H,3-4,14H2,1-2H3. The van der Waals surface area contributed by atoms with Gasteiger partial charge < -0.3 is 10.5 Å². The lowest BCUT2D eigenvalue weighted by Crippen LogP contribution is -2.28. The lowest BCUT2D eigenvalue weighted by Gasteiger charge is -2.22. The van der Waals surface area contributed by atoms with E-state index in [-0.39, 0.29) is 18.0 Å². The van der Waals surface area contributed by atoms with Crippen LogP contribution >= 0.6 is 0 Å². The summed E-state index contributed by atoms with van der Waals surface area (Å²) in [6, 6.07) is 6.08. The Bertz CT molecular complexity index is 286. The molecule has 2 atom stereocenters. The summed E-state index contributed by atoms with van der Waals surface area (Å²) in [5, 5.41) is 0. The van der Waals surface area contributed by atoms with Crippen molar-refractivity contribution < 1.29 is 9.13 Å². The van der Waals surface area contributed by atoms with Gasteiger partial charge in [0.1, 0.15) is 5.82 Å². The zero-order valence-electron chi connectivity index (χ0n) is 9.24. The first-order valence-corrected chi connectivity index (χ1v) is 5.31. The Morgan fingerprint density at radius 1 is 1.27 bits per heavy atom. The van der Waals surface area contributed by atoms with Crippen molar-refractivity contribution >= 4 is 0 Å². The van der Waals surface area contributed by atoms with E-state index in [9.17, 15) is 4.39 Å². The average Bonchev–Trinajstić information content (AvgIpc) is 2.26. The third-order valence-electron chi connectivity index (χ3n) is 2.44. The van der Waals surface area contributed by atoms with Crippen molar-refractivity contribution in [2.24, 2.45) is 5.73 Å². The lowest BCUT2D eigenvalue weighted by molar-refractivity contribution is 0.0413. The smallest absolute Gasteiger partial charge is 0.123 e. The van der Waals surface area contributed by atoms with E-state index in [0.29, 0.717) is 6.61 Å². The van der Waals surface area contributed by atoms with Gasteiger partial charge in [-0.1, -0.05) is 19.1 Å². The highest BCUT2D eigenvalue weighted by molar-refractivity contribution is 5.20. The molecule has 1 aromatic rings. The molecule has 1 aromatic carbocycles. The summed E-state index contributed by atoms with van der Waals surface area (Å²) in [6.45, 7) is 4.62.